The number of methoxy groups -OCH3 is 1. The van der Waals surface area contributed by atoms with E-state index in [9.17, 15) is 9.59 Å². The second kappa shape index (κ2) is 9.03. The molecule has 0 aliphatic carbocycles. The number of hydrogen-bond acceptors (Lipinski definition) is 5. The molecular weight excluding hydrogens is 334 g/mol. The number of ether oxygens (including phenoxy) is 2. The van der Waals surface area contributed by atoms with Gasteiger partial charge in [0.15, 0.2) is 5.69 Å². The average molecular weight is 359 g/mol. The van der Waals surface area contributed by atoms with Crippen molar-refractivity contribution < 1.29 is 19.1 Å². The lowest BCUT2D eigenvalue weighted by molar-refractivity contribution is 0.0593. The van der Waals surface area contributed by atoms with E-state index in [4.69, 9.17) is 9.47 Å². The maximum absolute atomic E-state index is 12.2. The van der Waals surface area contributed by atoms with Crippen molar-refractivity contribution in [1.82, 2.24) is 15.3 Å². The van der Waals surface area contributed by atoms with Gasteiger partial charge in [-0.1, -0.05) is 44.2 Å². The third kappa shape index (κ3) is 5.34. The number of imidazole rings is 1. The molecule has 1 unspecified atom stereocenters. The summed E-state index contributed by atoms with van der Waals surface area (Å²) in [5, 5.41) is 2.83. The standard InChI is InChI=1S/C19H25N3O4/c1-12(2)10-15(17-20-13(3)16(22-17)18(23)25-4)21-19(24)26-11-14-8-6-5-7-9-14/h5-9,12,15H,10-11H2,1-4H3,(H,20,22)(H,21,24). The van der Waals surface area contributed by atoms with Gasteiger partial charge in [0.25, 0.3) is 0 Å². The maximum Gasteiger partial charge on any atom is 0.408 e. The van der Waals surface area contributed by atoms with Crippen LogP contribution in [0.4, 0.5) is 4.79 Å². The number of aromatic nitrogens is 2. The lowest BCUT2D eigenvalue weighted by atomic mass is 10.0. The monoisotopic (exact) mass is 359 g/mol. The zero-order chi connectivity index (χ0) is 19.1. The molecule has 0 aliphatic rings. The number of nitrogens with zero attached hydrogens (tertiary/aromatic N) is 1. The molecule has 2 N–H and O–H groups in total. The molecule has 1 amide bonds. The molecule has 0 saturated carbocycles. The normalized spacial score (nSPS) is 11.9. The summed E-state index contributed by atoms with van der Waals surface area (Å²) >= 11 is 0. The number of aryl methyl sites for hydroxylation is 1. The predicted octanol–water partition coefficient (Wildman–Crippen LogP) is 3.52. The van der Waals surface area contributed by atoms with E-state index >= 15 is 0 Å². The first kappa shape index (κ1) is 19.5. The van der Waals surface area contributed by atoms with Gasteiger partial charge in [0.1, 0.15) is 12.4 Å². The fraction of sp³-hybridized carbons (Fsp3) is 0.421. The van der Waals surface area contributed by atoms with Gasteiger partial charge in [0.05, 0.1) is 13.2 Å². The van der Waals surface area contributed by atoms with Crippen LogP contribution >= 0.6 is 0 Å². The Bertz CT molecular complexity index is 740. The van der Waals surface area contributed by atoms with E-state index in [0.29, 0.717) is 23.9 Å². The van der Waals surface area contributed by atoms with E-state index < -0.39 is 18.1 Å². The van der Waals surface area contributed by atoms with Crippen LogP contribution in [0.15, 0.2) is 30.3 Å². The smallest absolute Gasteiger partial charge is 0.408 e. The van der Waals surface area contributed by atoms with Gasteiger partial charge in [-0.3, -0.25) is 0 Å². The number of amides is 1. The van der Waals surface area contributed by atoms with E-state index in [1.165, 1.54) is 7.11 Å². The Morgan fingerprint density at radius 2 is 1.92 bits per heavy atom. The first-order valence-corrected chi connectivity index (χ1v) is 8.52. The van der Waals surface area contributed by atoms with Crippen LogP contribution < -0.4 is 5.32 Å². The number of hydrogen-bond donors (Lipinski definition) is 2. The highest BCUT2D eigenvalue weighted by atomic mass is 16.5. The quantitative estimate of drug-likeness (QED) is 0.738. The van der Waals surface area contributed by atoms with Crippen molar-refractivity contribution in [3.05, 3.63) is 53.1 Å². The highest BCUT2D eigenvalue weighted by Crippen LogP contribution is 2.21. The Morgan fingerprint density at radius 3 is 2.54 bits per heavy atom. The van der Waals surface area contributed by atoms with E-state index in [-0.39, 0.29) is 12.3 Å². The lowest BCUT2D eigenvalue weighted by Gasteiger charge is -2.18. The molecule has 7 heteroatoms. The van der Waals surface area contributed by atoms with Gasteiger partial charge in [-0.05, 0) is 24.8 Å². The van der Waals surface area contributed by atoms with Crippen LogP contribution in [0.3, 0.4) is 0 Å². The number of benzene rings is 1. The number of rotatable bonds is 7. The number of nitrogens with one attached hydrogen (secondary N) is 2. The van der Waals surface area contributed by atoms with Crippen molar-refractivity contribution in [2.45, 2.75) is 39.8 Å². The number of carbonyl (C=O) groups excluding carboxylic acids is 2. The predicted molar refractivity (Wildman–Crippen MR) is 96.6 cm³/mol. The summed E-state index contributed by atoms with van der Waals surface area (Å²) in [6, 6.07) is 9.06. The molecule has 0 radical (unpaired) electrons. The van der Waals surface area contributed by atoms with E-state index in [1.807, 2.05) is 44.2 Å². The van der Waals surface area contributed by atoms with Crippen LogP contribution in [0.5, 0.6) is 0 Å². The minimum atomic E-state index is -0.534. The van der Waals surface area contributed by atoms with E-state index in [1.54, 1.807) is 6.92 Å². The van der Waals surface area contributed by atoms with Gasteiger partial charge in [0.2, 0.25) is 0 Å². The summed E-state index contributed by atoms with van der Waals surface area (Å²) in [5.41, 5.74) is 1.72. The fourth-order valence-corrected chi connectivity index (χ4v) is 2.56. The van der Waals surface area contributed by atoms with Crippen molar-refractivity contribution in [2.24, 2.45) is 5.92 Å². The van der Waals surface area contributed by atoms with Gasteiger partial charge >= 0.3 is 12.1 Å². The molecule has 1 aromatic heterocycles. The Balaban J connectivity index is 2.07. The molecule has 2 rings (SSSR count). The largest absolute Gasteiger partial charge is 0.464 e. The fourth-order valence-electron chi connectivity index (χ4n) is 2.56. The molecule has 1 atom stereocenters. The summed E-state index contributed by atoms with van der Waals surface area (Å²) in [6.45, 7) is 6.01. The van der Waals surface area contributed by atoms with Crippen LogP contribution in [-0.2, 0) is 16.1 Å². The number of esters is 1. The minimum Gasteiger partial charge on any atom is -0.464 e. The molecule has 1 heterocycles. The molecule has 140 valence electrons. The maximum atomic E-state index is 12.2. The Kier molecular flexibility index (Phi) is 6.77. The van der Waals surface area contributed by atoms with E-state index in [0.717, 1.165) is 5.56 Å². The Hall–Kier alpha value is -2.83. The van der Waals surface area contributed by atoms with E-state index in [2.05, 4.69) is 15.3 Å². The third-order valence-corrected chi connectivity index (χ3v) is 3.82. The summed E-state index contributed by atoms with van der Waals surface area (Å²) in [4.78, 5) is 31.3. The summed E-state index contributed by atoms with van der Waals surface area (Å²) in [6.07, 6.45) is 0.113. The topological polar surface area (TPSA) is 93.3 Å². The van der Waals surface area contributed by atoms with Gasteiger partial charge in [0, 0.05) is 5.69 Å². The zero-order valence-electron chi connectivity index (χ0n) is 15.5. The number of aromatic amines is 1. The molecule has 1 aromatic carbocycles. The Morgan fingerprint density at radius 1 is 1.23 bits per heavy atom. The average Bonchev–Trinajstić information content (AvgIpc) is 3.01. The van der Waals surface area contributed by atoms with Crippen molar-refractivity contribution in [1.29, 1.82) is 0 Å². The van der Waals surface area contributed by atoms with Gasteiger partial charge in [-0.25, -0.2) is 14.6 Å². The molecule has 0 fully saturated rings. The van der Waals surface area contributed by atoms with Gasteiger partial charge in [-0.15, -0.1) is 0 Å². The number of alkyl carbamates (subject to hydrolysis) is 1. The SMILES string of the molecule is COC(=O)c1nc(C(CC(C)C)NC(=O)OCc2ccccc2)[nH]c1C. The van der Waals surface area contributed by atoms with Crippen LogP contribution in [0, 0.1) is 12.8 Å². The first-order chi connectivity index (χ1) is 12.4. The molecule has 0 bridgehead atoms. The summed E-state index contributed by atoms with van der Waals surface area (Å²) in [7, 11) is 1.31. The van der Waals surface area contributed by atoms with Crippen molar-refractivity contribution in [3.63, 3.8) is 0 Å². The van der Waals surface area contributed by atoms with Gasteiger partial charge < -0.3 is 19.8 Å². The molecule has 7 nitrogen and oxygen atoms in total. The summed E-state index contributed by atoms with van der Waals surface area (Å²) < 4.78 is 10.0. The molecule has 0 aliphatic heterocycles. The zero-order valence-corrected chi connectivity index (χ0v) is 15.5. The van der Waals surface area contributed by atoms with Crippen LogP contribution in [0.1, 0.15) is 53.9 Å². The molecule has 26 heavy (non-hydrogen) atoms. The van der Waals surface area contributed by atoms with Gasteiger partial charge in [-0.2, -0.15) is 0 Å². The minimum absolute atomic E-state index is 0.186. The van der Waals surface area contributed by atoms with Crippen LogP contribution in [0.25, 0.3) is 0 Å². The first-order valence-electron chi connectivity index (χ1n) is 8.52. The van der Waals surface area contributed by atoms with Crippen molar-refractivity contribution >= 4 is 12.1 Å². The summed E-state index contributed by atoms with van der Waals surface area (Å²) in [5.74, 6) is 0.301. The Labute approximate surface area is 153 Å². The van der Waals surface area contributed by atoms with Crippen molar-refractivity contribution in [3.8, 4) is 0 Å². The molecule has 2 aromatic rings. The molecular formula is C19H25N3O4. The van der Waals surface area contributed by atoms with Crippen molar-refractivity contribution in [2.75, 3.05) is 7.11 Å². The molecule has 0 spiro atoms. The number of carbonyl (C=O) groups is 2. The highest BCUT2D eigenvalue weighted by molar-refractivity contribution is 5.88. The number of H-pyrrole nitrogens is 1. The second-order valence-corrected chi connectivity index (χ2v) is 6.48. The highest BCUT2D eigenvalue weighted by Gasteiger charge is 2.23. The lowest BCUT2D eigenvalue weighted by Crippen LogP contribution is -2.30. The molecule has 0 saturated heterocycles. The third-order valence-electron chi connectivity index (χ3n) is 3.82. The second-order valence-electron chi connectivity index (χ2n) is 6.48. The van der Waals surface area contributed by atoms with Crippen LogP contribution in [-0.4, -0.2) is 29.1 Å². The van der Waals surface area contributed by atoms with Crippen LogP contribution in [0.2, 0.25) is 0 Å².